The number of tetrazole rings is 1. The fraction of sp³-hybridized carbons (Fsp3) is 0.179. The van der Waals surface area contributed by atoms with Crippen molar-refractivity contribution in [1.29, 1.82) is 0 Å². The second-order valence-corrected chi connectivity index (χ2v) is 10.6. The van der Waals surface area contributed by atoms with Gasteiger partial charge in [-0.15, -0.1) is 27.5 Å². The van der Waals surface area contributed by atoms with Crippen LogP contribution in [0.25, 0.3) is 21.2 Å². The molecule has 5 rings (SSSR count). The number of ether oxygens (including phenoxy) is 1. The number of hydrogen-bond acceptors (Lipinski definition) is 5. The van der Waals surface area contributed by atoms with E-state index in [0.717, 1.165) is 20.7 Å². The Balaban J connectivity index is 1.33. The van der Waals surface area contributed by atoms with Crippen molar-refractivity contribution < 1.29 is 4.74 Å². The highest BCUT2D eigenvalue weighted by molar-refractivity contribution is 9.11. The summed E-state index contributed by atoms with van der Waals surface area (Å²) in [6.07, 6.45) is 0.608. The normalized spacial score (nSPS) is 11.7. The van der Waals surface area contributed by atoms with Gasteiger partial charge in [0.25, 0.3) is 0 Å². The average molecular weight is 543 g/mol. The Morgan fingerprint density at radius 2 is 1.91 bits per heavy atom. The summed E-state index contributed by atoms with van der Waals surface area (Å²) >= 11 is 5.56. The highest BCUT2D eigenvalue weighted by Crippen LogP contribution is 2.43. The molecule has 0 saturated heterocycles. The number of aryl methyl sites for hydroxylation is 1. The van der Waals surface area contributed by atoms with E-state index in [4.69, 9.17) is 4.74 Å². The number of aromatic amines is 1. The number of fused-ring (bicyclic) bond motifs is 1. The first-order valence-electron chi connectivity index (χ1n) is 11.3. The van der Waals surface area contributed by atoms with Gasteiger partial charge in [0.05, 0.1) is 9.70 Å². The van der Waals surface area contributed by atoms with Gasteiger partial charge >= 0.3 is 0 Å². The van der Waals surface area contributed by atoms with Crippen LogP contribution in [0.15, 0.2) is 70.5 Å². The first-order valence-corrected chi connectivity index (χ1v) is 12.9. The Hall–Kier alpha value is -3.47. The van der Waals surface area contributed by atoms with Crippen LogP contribution in [0.4, 0.5) is 0 Å². The summed E-state index contributed by atoms with van der Waals surface area (Å²) in [6.45, 7) is 4.49. The predicted octanol–water partition coefficient (Wildman–Crippen LogP) is 7.08. The third-order valence-corrected chi connectivity index (χ3v) is 7.75. The van der Waals surface area contributed by atoms with Crippen molar-refractivity contribution in [2.75, 3.05) is 0 Å². The maximum absolute atomic E-state index is 6.13. The predicted molar refractivity (Wildman–Crippen MR) is 145 cm³/mol. The number of nitrogens with one attached hydrogen (secondary N) is 1. The second kappa shape index (κ2) is 10.4. The summed E-state index contributed by atoms with van der Waals surface area (Å²) in [7, 11) is 0. The molecule has 2 heterocycles. The Bertz CT molecular complexity index is 1510. The van der Waals surface area contributed by atoms with Crippen molar-refractivity contribution in [2.24, 2.45) is 0 Å². The third-order valence-electron chi connectivity index (χ3n) is 5.91. The minimum absolute atomic E-state index is 0.00552. The third kappa shape index (κ3) is 5.14. The molecule has 35 heavy (non-hydrogen) atoms. The lowest BCUT2D eigenvalue weighted by Crippen LogP contribution is -2.03. The quantitative estimate of drug-likeness (QED) is 0.223. The van der Waals surface area contributed by atoms with Crippen LogP contribution in [0.2, 0.25) is 0 Å². The fourth-order valence-electron chi connectivity index (χ4n) is 4.15. The molecule has 2 aromatic heterocycles. The van der Waals surface area contributed by atoms with Crippen LogP contribution in [0.3, 0.4) is 0 Å². The standard InChI is InChI=1S/C28H23BrN4OS/c1-3-6-21(16-26-30-32-33-31-26)20-10-12-22(13-11-20)34-17-19-9-14-25-24(15-19)27(28(29)35-25)23-8-5-4-7-18(23)2/h4-5,7-15,21H,16-17H2,1-2H3,(H,30,31,32,33). The molecule has 0 bridgehead atoms. The van der Waals surface area contributed by atoms with E-state index in [1.54, 1.807) is 11.3 Å². The molecule has 1 atom stereocenters. The van der Waals surface area contributed by atoms with E-state index in [9.17, 15) is 0 Å². The first-order chi connectivity index (χ1) is 17.1. The summed E-state index contributed by atoms with van der Waals surface area (Å²) in [5, 5.41) is 15.5. The van der Waals surface area contributed by atoms with E-state index >= 15 is 0 Å². The van der Waals surface area contributed by atoms with E-state index in [1.807, 2.05) is 19.1 Å². The highest BCUT2D eigenvalue weighted by atomic mass is 79.9. The minimum atomic E-state index is 0.00552. The van der Waals surface area contributed by atoms with E-state index in [0.29, 0.717) is 18.9 Å². The van der Waals surface area contributed by atoms with Crippen molar-refractivity contribution in [1.82, 2.24) is 20.6 Å². The number of aromatic nitrogens is 4. The van der Waals surface area contributed by atoms with Crippen molar-refractivity contribution in [3.8, 4) is 28.7 Å². The van der Waals surface area contributed by atoms with Gasteiger partial charge in [0, 0.05) is 22.1 Å². The fourth-order valence-corrected chi connectivity index (χ4v) is 6.02. The molecule has 174 valence electrons. The van der Waals surface area contributed by atoms with Crippen LogP contribution in [-0.2, 0) is 13.0 Å². The molecule has 0 fully saturated rings. The molecule has 7 heteroatoms. The van der Waals surface area contributed by atoms with Crippen molar-refractivity contribution >= 4 is 37.4 Å². The van der Waals surface area contributed by atoms with Gasteiger partial charge < -0.3 is 4.74 Å². The summed E-state index contributed by atoms with van der Waals surface area (Å²) in [5.41, 5.74) is 6.00. The number of H-pyrrole nitrogens is 1. The minimum Gasteiger partial charge on any atom is -0.489 e. The second-order valence-electron chi connectivity index (χ2n) is 8.23. The van der Waals surface area contributed by atoms with Crippen molar-refractivity contribution in [3.63, 3.8) is 0 Å². The maximum atomic E-state index is 6.13. The zero-order valence-electron chi connectivity index (χ0n) is 19.4. The SMILES string of the molecule is CC#CC(Cc1nn[nH]n1)c1ccc(OCc2ccc3sc(Br)c(-c4ccccc4C)c3c2)cc1. The van der Waals surface area contributed by atoms with Gasteiger partial charge in [-0.05, 0) is 76.3 Å². The molecule has 5 nitrogen and oxygen atoms in total. The highest BCUT2D eigenvalue weighted by Gasteiger charge is 2.15. The van der Waals surface area contributed by atoms with E-state index in [1.165, 1.54) is 26.8 Å². The van der Waals surface area contributed by atoms with E-state index in [-0.39, 0.29) is 5.92 Å². The van der Waals surface area contributed by atoms with Crippen LogP contribution in [0.5, 0.6) is 5.75 Å². The molecule has 0 amide bonds. The molecule has 0 radical (unpaired) electrons. The monoisotopic (exact) mass is 542 g/mol. The number of rotatable bonds is 7. The molecule has 3 aromatic carbocycles. The van der Waals surface area contributed by atoms with Crippen molar-refractivity contribution in [3.05, 3.63) is 93.0 Å². The maximum Gasteiger partial charge on any atom is 0.176 e. The number of thiophene rings is 1. The number of nitrogens with zero attached hydrogens (tertiary/aromatic N) is 3. The molecule has 0 aliphatic heterocycles. The van der Waals surface area contributed by atoms with Gasteiger partial charge in [-0.2, -0.15) is 5.21 Å². The Morgan fingerprint density at radius 1 is 1.09 bits per heavy atom. The van der Waals surface area contributed by atoms with E-state index < -0.39 is 0 Å². The largest absolute Gasteiger partial charge is 0.489 e. The summed E-state index contributed by atoms with van der Waals surface area (Å²) in [4.78, 5) is 0. The summed E-state index contributed by atoms with van der Waals surface area (Å²) in [6, 6.07) is 23.2. The van der Waals surface area contributed by atoms with Gasteiger partial charge in [0.2, 0.25) is 0 Å². The van der Waals surface area contributed by atoms with Gasteiger partial charge in [-0.3, -0.25) is 0 Å². The molecule has 0 aliphatic carbocycles. The molecule has 5 aromatic rings. The smallest absolute Gasteiger partial charge is 0.176 e. The van der Waals surface area contributed by atoms with E-state index in [2.05, 4.69) is 110 Å². The van der Waals surface area contributed by atoms with Crippen LogP contribution < -0.4 is 4.74 Å². The number of benzene rings is 3. The van der Waals surface area contributed by atoms with Gasteiger partial charge in [0.1, 0.15) is 12.4 Å². The van der Waals surface area contributed by atoms with Crippen molar-refractivity contribution in [2.45, 2.75) is 32.8 Å². The number of halogens is 1. The molecule has 1 N–H and O–H groups in total. The average Bonchev–Trinajstić information content (AvgIpc) is 3.50. The van der Waals surface area contributed by atoms with Crippen LogP contribution in [0.1, 0.15) is 35.4 Å². The Morgan fingerprint density at radius 3 is 2.66 bits per heavy atom. The van der Waals surface area contributed by atoms with Gasteiger partial charge in [-0.25, -0.2) is 0 Å². The number of hydrogen-bond donors (Lipinski definition) is 1. The molecular formula is C28H23BrN4OS. The lowest BCUT2D eigenvalue weighted by molar-refractivity contribution is 0.306. The molecular weight excluding hydrogens is 520 g/mol. The molecule has 0 spiro atoms. The van der Waals surface area contributed by atoms with Crippen LogP contribution in [0, 0.1) is 18.8 Å². The molecule has 1 unspecified atom stereocenters. The zero-order valence-corrected chi connectivity index (χ0v) is 21.8. The molecule has 0 aliphatic rings. The summed E-state index contributed by atoms with van der Waals surface area (Å²) in [5.74, 6) is 7.73. The summed E-state index contributed by atoms with van der Waals surface area (Å²) < 4.78 is 8.54. The lowest BCUT2D eigenvalue weighted by atomic mass is 9.96. The van der Waals surface area contributed by atoms with Gasteiger partial charge in [-0.1, -0.05) is 53.6 Å². The first kappa shape index (κ1) is 23.3. The molecule has 0 saturated carbocycles. The van der Waals surface area contributed by atoms with Gasteiger partial charge in [0.15, 0.2) is 5.82 Å². The van der Waals surface area contributed by atoms with Crippen LogP contribution >= 0.6 is 27.3 Å². The Kier molecular flexibility index (Phi) is 6.94. The zero-order chi connectivity index (χ0) is 24.2. The topological polar surface area (TPSA) is 63.7 Å². The Labute approximate surface area is 216 Å². The van der Waals surface area contributed by atoms with Crippen LogP contribution in [-0.4, -0.2) is 20.6 Å². The lowest BCUT2D eigenvalue weighted by Gasteiger charge is -2.11.